The Morgan fingerprint density at radius 3 is 2.64 bits per heavy atom. The van der Waals surface area contributed by atoms with Crippen LogP contribution in [0.4, 0.5) is 6.01 Å². The summed E-state index contributed by atoms with van der Waals surface area (Å²) in [7, 11) is 0. The lowest BCUT2D eigenvalue weighted by molar-refractivity contribution is 0.514. The van der Waals surface area contributed by atoms with Crippen LogP contribution in [0.1, 0.15) is 63.9 Å². The summed E-state index contributed by atoms with van der Waals surface area (Å²) in [4.78, 5) is 16.4. The summed E-state index contributed by atoms with van der Waals surface area (Å²) >= 11 is 0. The highest BCUT2D eigenvalue weighted by atomic mass is 16.4. The van der Waals surface area contributed by atoms with Gasteiger partial charge in [-0.3, -0.25) is 0 Å². The summed E-state index contributed by atoms with van der Waals surface area (Å²) in [6, 6.07) is 5.92. The Bertz CT molecular complexity index is 784. The van der Waals surface area contributed by atoms with Crippen molar-refractivity contribution < 1.29 is 4.42 Å². The van der Waals surface area contributed by atoms with Crippen LogP contribution in [-0.2, 0) is 0 Å². The Balaban J connectivity index is 1.67. The van der Waals surface area contributed by atoms with Gasteiger partial charge in [0, 0.05) is 19.4 Å². The van der Waals surface area contributed by atoms with Crippen molar-refractivity contribution in [3.63, 3.8) is 0 Å². The zero-order valence-corrected chi connectivity index (χ0v) is 15.4. The summed E-state index contributed by atoms with van der Waals surface area (Å²) in [6.07, 6.45) is 8.95. The number of unbranched alkanes of at least 4 members (excludes halogenated alkanes) is 6. The van der Waals surface area contributed by atoms with Gasteiger partial charge in [0.15, 0.2) is 0 Å². The maximum atomic E-state index is 12.0. The van der Waals surface area contributed by atoms with E-state index in [0.29, 0.717) is 16.9 Å². The van der Waals surface area contributed by atoms with E-state index in [-0.39, 0.29) is 5.63 Å². The number of rotatable bonds is 9. The minimum absolute atomic E-state index is 0.308. The van der Waals surface area contributed by atoms with Crippen LogP contribution in [0.2, 0.25) is 0 Å². The number of anilines is 1. The molecule has 25 heavy (non-hydrogen) atoms. The van der Waals surface area contributed by atoms with Crippen molar-refractivity contribution in [1.82, 2.24) is 4.98 Å². The van der Waals surface area contributed by atoms with Gasteiger partial charge in [0.1, 0.15) is 0 Å². The molecule has 0 aliphatic heterocycles. The molecule has 1 aromatic carbocycles. The molecule has 0 aliphatic rings. The molecule has 2 rings (SSSR count). The standard InChI is InChI=1S/C21H28N2O2/c1-3-4-5-6-7-8-9-10-11-12-15-22-21-23-19-14-13-17(2)16-18(19)20(24)25-21/h13-14,16H,3-5,8-12,15H2,1-2H3,(H,22,23). The third-order valence-electron chi connectivity index (χ3n) is 4.07. The van der Waals surface area contributed by atoms with Crippen LogP contribution in [-0.4, -0.2) is 11.5 Å². The van der Waals surface area contributed by atoms with Gasteiger partial charge in [-0.1, -0.05) is 37.8 Å². The fraction of sp³-hybridized carbons (Fsp3) is 0.524. The molecule has 4 heteroatoms. The second kappa shape index (κ2) is 10.6. The Labute approximate surface area is 150 Å². The Kier molecular flexibility index (Phi) is 8.04. The number of hydrogen-bond donors (Lipinski definition) is 1. The first-order valence-electron chi connectivity index (χ1n) is 9.32. The molecule has 2 aromatic rings. The summed E-state index contributed by atoms with van der Waals surface area (Å²) in [6.45, 7) is 4.90. The van der Waals surface area contributed by atoms with E-state index < -0.39 is 0 Å². The van der Waals surface area contributed by atoms with Crippen LogP contribution in [0.25, 0.3) is 10.9 Å². The molecule has 1 aromatic heterocycles. The molecule has 0 saturated carbocycles. The first kappa shape index (κ1) is 19.1. The van der Waals surface area contributed by atoms with Gasteiger partial charge in [0.2, 0.25) is 0 Å². The molecule has 0 bridgehead atoms. The van der Waals surface area contributed by atoms with E-state index in [9.17, 15) is 4.79 Å². The van der Waals surface area contributed by atoms with Crippen molar-refractivity contribution in [2.45, 2.75) is 65.2 Å². The number of nitrogens with one attached hydrogen (secondary N) is 1. The molecular formula is C21H28N2O2. The number of benzene rings is 1. The number of fused-ring (bicyclic) bond motifs is 1. The van der Waals surface area contributed by atoms with Gasteiger partial charge >= 0.3 is 5.63 Å². The van der Waals surface area contributed by atoms with E-state index in [4.69, 9.17) is 4.42 Å². The fourth-order valence-electron chi connectivity index (χ4n) is 2.59. The normalized spacial score (nSPS) is 10.5. The SMILES string of the molecule is CCCCC#CCCCCCCNc1nc2ccc(C)cc2c(=O)o1. The van der Waals surface area contributed by atoms with Gasteiger partial charge in [-0.25, -0.2) is 4.79 Å². The molecule has 0 amide bonds. The molecule has 0 spiro atoms. The maximum Gasteiger partial charge on any atom is 0.348 e. The highest BCUT2D eigenvalue weighted by Crippen LogP contribution is 2.13. The Morgan fingerprint density at radius 1 is 1.08 bits per heavy atom. The van der Waals surface area contributed by atoms with Crippen molar-refractivity contribution in [3.8, 4) is 11.8 Å². The number of nitrogens with zero attached hydrogens (tertiary/aromatic N) is 1. The average molecular weight is 340 g/mol. The van der Waals surface area contributed by atoms with Crippen LogP contribution >= 0.6 is 0 Å². The second-order valence-corrected chi connectivity index (χ2v) is 6.38. The van der Waals surface area contributed by atoms with Crippen LogP contribution in [0, 0.1) is 18.8 Å². The molecule has 0 radical (unpaired) electrons. The van der Waals surface area contributed by atoms with Gasteiger partial charge < -0.3 is 9.73 Å². The van der Waals surface area contributed by atoms with Gasteiger partial charge in [-0.2, -0.15) is 4.98 Å². The van der Waals surface area contributed by atoms with Gasteiger partial charge in [0.25, 0.3) is 6.01 Å². The Hall–Kier alpha value is -2.28. The van der Waals surface area contributed by atoms with Crippen LogP contribution in [0.15, 0.2) is 27.4 Å². The minimum atomic E-state index is -0.335. The number of aromatic nitrogens is 1. The molecule has 0 atom stereocenters. The largest absolute Gasteiger partial charge is 0.389 e. The molecular weight excluding hydrogens is 312 g/mol. The fourth-order valence-corrected chi connectivity index (χ4v) is 2.59. The molecule has 0 saturated heterocycles. The topological polar surface area (TPSA) is 55.1 Å². The lowest BCUT2D eigenvalue weighted by Gasteiger charge is -2.05. The maximum absolute atomic E-state index is 12.0. The highest BCUT2D eigenvalue weighted by molar-refractivity contribution is 5.78. The first-order valence-corrected chi connectivity index (χ1v) is 9.32. The number of aryl methyl sites for hydroxylation is 1. The van der Waals surface area contributed by atoms with E-state index >= 15 is 0 Å². The molecule has 0 fully saturated rings. The van der Waals surface area contributed by atoms with Gasteiger partial charge in [-0.05, 0) is 38.3 Å². The van der Waals surface area contributed by atoms with Crippen LogP contribution in [0.3, 0.4) is 0 Å². The molecule has 1 N–H and O–H groups in total. The van der Waals surface area contributed by atoms with E-state index in [2.05, 4.69) is 29.1 Å². The summed E-state index contributed by atoms with van der Waals surface area (Å²) in [5, 5.41) is 3.64. The summed E-state index contributed by atoms with van der Waals surface area (Å²) in [5.41, 5.74) is 1.36. The summed E-state index contributed by atoms with van der Waals surface area (Å²) < 4.78 is 5.24. The van der Waals surface area contributed by atoms with Gasteiger partial charge in [0.05, 0.1) is 10.9 Å². The van der Waals surface area contributed by atoms with E-state index in [1.165, 1.54) is 19.3 Å². The lowest BCUT2D eigenvalue weighted by Crippen LogP contribution is -2.09. The zero-order chi connectivity index (χ0) is 17.9. The van der Waals surface area contributed by atoms with Crippen molar-refractivity contribution in [2.24, 2.45) is 0 Å². The minimum Gasteiger partial charge on any atom is -0.389 e. The van der Waals surface area contributed by atoms with Crippen molar-refractivity contribution >= 4 is 16.9 Å². The highest BCUT2D eigenvalue weighted by Gasteiger charge is 2.05. The average Bonchev–Trinajstić information content (AvgIpc) is 2.60. The van der Waals surface area contributed by atoms with Crippen molar-refractivity contribution in [1.29, 1.82) is 0 Å². The molecule has 134 valence electrons. The monoisotopic (exact) mass is 340 g/mol. The van der Waals surface area contributed by atoms with Crippen molar-refractivity contribution in [2.75, 3.05) is 11.9 Å². The van der Waals surface area contributed by atoms with Crippen LogP contribution in [0.5, 0.6) is 0 Å². The smallest absolute Gasteiger partial charge is 0.348 e. The first-order chi connectivity index (χ1) is 12.2. The van der Waals surface area contributed by atoms with E-state index in [1.54, 1.807) is 0 Å². The second-order valence-electron chi connectivity index (χ2n) is 6.38. The predicted molar refractivity (Wildman–Crippen MR) is 104 cm³/mol. The summed E-state index contributed by atoms with van der Waals surface area (Å²) in [5.74, 6) is 6.46. The third kappa shape index (κ3) is 6.62. The lowest BCUT2D eigenvalue weighted by atomic mass is 10.1. The third-order valence-corrected chi connectivity index (χ3v) is 4.07. The predicted octanol–water partition coefficient (Wildman–Crippen LogP) is 5.05. The zero-order valence-electron chi connectivity index (χ0n) is 15.4. The molecule has 0 aliphatic carbocycles. The van der Waals surface area contributed by atoms with Crippen molar-refractivity contribution in [3.05, 3.63) is 34.2 Å². The number of hydrogen-bond acceptors (Lipinski definition) is 4. The molecule has 4 nitrogen and oxygen atoms in total. The van der Waals surface area contributed by atoms with Crippen LogP contribution < -0.4 is 10.9 Å². The quantitative estimate of drug-likeness (QED) is 0.512. The Morgan fingerprint density at radius 2 is 1.84 bits per heavy atom. The molecule has 0 unspecified atom stereocenters. The van der Waals surface area contributed by atoms with E-state index in [1.807, 2.05) is 25.1 Å². The van der Waals surface area contributed by atoms with E-state index in [0.717, 1.165) is 44.2 Å². The van der Waals surface area contributed by atoms with Gasteiger partial charge in [-0.15, -0.1) is 11.8 Å². The molecule has 1 heterocycles.